The largest absolute Gasteiger partial charge is 0.309 e. The lowest BCUT2D eigenvalue weighted by Crippen LogP contribution is -2.26. The first kappa shape index (κ1) is 14.2. The monoisotopic (exact) mass is 238 g/mol. The third-order valence-corrected chi connectivity index (χ3v) is 2.79. The fourth-order valence-electron chi connectivity index (χ4n) is 2.02. The van der Waals surface area contributed by atoms with E-state index in [2.05, 4.69) is 43.3 Å². The number of aryl methyl sites for hydroxylation is 1. The molecule has 4 nitrogen and oxygen atoms in total. The van der Waals surface area contributed by atoms with Crippen LogP contribution < -0.4 is 5.32 Å². The van der Waals surface area contributed by atoms with Gasteiger partial charge in [-0.3, -0.25) is 0 Å². The van der Waals surface area contributed by atoms with Gasteiger partial charge < -0.3 is 5.32 Å². The molecule has 0 aliphatic rings. The summed E-state index contributed by atoms with van der Waals surface area (Å²) in [6.45, 7) is 10.9. The predicted octanol–water partition coefficient (Wildman–Crippen LogP) is 2.77. The Morgan fingerprint density at radius 3 is 2.65 bits per heavy atom. The predicted molar refractivity (Wildman–Crippen MR) is 70.8 cm³/mol. The van der Waals surface area contributed by atoms with Crippen molar-refractivity contribution >= 4 is 0 Å². The molecule has 1 heterocycles. The summed E-state index contributed by atoms with van der Waals surface area (Å²) in [5.41, 5.74) is 1.23. The Kier molecular flexibility index (Phi) is 6.19. The van der Waals surface area contributed by atoms with Gasteiger partial charge in [0.1, 0.15) is 0 Å². The summed E-state index contributed by atoms with van der Waals surface area (Å²) in [6.07, 6.45) is 5.30. The number of rotatable bonds is 8. The Labute approximate surface area is 105 Å². The molecule has 1 rings (SSSR count). The van der Waals surface area contributed by atoms with E-state index in [1.807, 2.05) is 10.9 Å². The lowest BCUT2D eigenvalue weighted by Gasteiger charge is -2.21. The van der Waals surface area contributed by atoms with E-state index in [1.165, 1.54) is 5.69 Å². The molecule has 1 N–H and O–H groups in total. The van der Waals surface area contributed by atoms with Crippen LogP contribution in [0.25, 0.3) is 0 Å². The molecule has 1 atom stereocenters. The smallest absolute Gasteiger partial charge is 0.0756 e. The van der Waals surface area contributed by atoms with E-state index in [0.717, 1.165) is 32.4 Å². The van der Waals surface area contributed by atoms with Crippen molar-refractivity contribution in [3.05, 3.63) is 11.9 Å². The zero-order valence-electron chi connectivity index (χ0n) is 11.6. The lowest BCUT2D eigenvalue weighted by molar-refractivity contribution is 0.399. The van der Waals surface area contributed by atoms with Crippen molar-refractivity contribution in [3.63, 3.8) is 0 Å². The van der Waals surface area contributed by atoms with Gasteiger partial charge >= 0.3 is 0 Å². The number of aromatic nitrogens is 3. The van der Waals surface area contributed by atoms with Crippen LogP contribution in [-0.2, 0) is 6.54 Å². The van der Waals surface area contributed by atoms with E-state index < -0.39 is 0 Å². The lowest BCUT2D eigenvalue weighted by atomic mass is 10.0. The molecule has 0 aliphatic carbocycles. The van der Waals surface area contributed by atoms with Gasteiger partial charge in [-0.2, -0.15) is 0 Å². The molecule has 0 amide bonds. The first-order valence-electron chi connectivity index (χ1n) is 6.80. The first-order chi connectivity index (χ1) is 8.19. The minimum atomic E-state index is 0.386. The Morgan fingerprint density at radius 2 is 2.06 bits per heavy atom. The minimum absolute atomic E-state index is 0.386. The van der Waals surface area contributed by atoms with Gasteiger partial charge in [0.05, 0.1) is 17.9 Å². The van der Waals surface area contributed by atoms with Crippen LogP contribution in [0.3, 0.4) is 0 Å². The standard InChI is InChI=1S/C13H26N4/c1-5-7-14-12(9-11(3)4)13-10-15-16-17(13)8-6-2/h10-12,14H,5-9H2,1-4H3. The molecule has 0 aromatic carbocycles. The van der Waals surface area contributed by atoms with Crippen LogP contribution in [0, 0.1) is 5.92 Å². The van der Waals surface area contributed by atoms with Crippen molar-refractivity contribution in [1.29, 1.82) is 0 Å². The fourth-order valence-corrected chi connectivity index (χ4v) is 2.02. The zero-order chi connectivity index (χ0) is 12.7. The van der Waals surface area contributed by atoms with Crippen LogP contribution >= 0.6 is 0 Å². The normalized spacial score (nSPS) is 13.2. The van der Waals surface area contributed by atoms with Gasteiger partial charge in [0, 0.05) is 6.54 Å². The maximum atomic E-state index is 4.17. The molecular formula is C13H26N4. The van der Waals surface area contributed by atoms with E-state index in [1.54, 1.807) is 0 Å². The van der Waals surface area contributed by atoms with Gasteiger partial charge in [0.2, 0.25) is 0 Å². The third kappa shape index (κ3) is 4.46. The molecule has 98 valence electrons. The summed E-state index contributed by atoms with van der Waals surface area (Å²) in [4.78, 5) is 0. The van der Waals surface area contributed by atoms with Crippen LogP contribution in [0.5, 0.6) is 0 Å². The van der Waals surface area contributed by atoms with Crippen LogP contribution in [0.1, 0.15) is 58.7 Å². The van der Waals surface area contributed by atoms with Crippen LogP contribution in [0.15, 0.2) is 6.20 Å². The van der Waals surface area contributed by atoms with Crippen molar-refractivity contribution in [1.82, 2.24) is 20.3 Å². The van der Waals surface area contributed by atoms with Crippen LogP contribution in [-0.4, -0.2) is 21.5 Å². The van der Waals surface area contributed by atoms with Crippen molar-refractivity contribution in [2.24, 2.45) is 5.92 Å². The van der Waals surface area contributed by atoms with E-state index in [0.29, 0.717) is 12.0 Å². The molecule has 0 fully saturated rings. The topological polar surface area (TPSA) is 42.7 Å². The maximum Gasteiger partial charge on any atom is 0.0756 e. The summed E-state index contributed by atoms with van der Waals surface area (Å²) in [6, 6.07) is 0.386. The molecule has 1 aromatic rings. The summed E-state index contributed by atoms with van der Waals surface area (Å²) in [5, 5.41) is 11.8. The highest BCUT2D eigenvalue weighted by atomic mass is 15.4. The minimum Gasteiger partial charge on any atom is -0.309 e. The second-order valence-corrected chi connectivity index (χ2v) is 5.02. The third-order valence-electron chi connectivity index (χ3n) is 2.79. The Hall–Kier alpha value is -0.900. The highest BCUT2D eigenvalue weighted by Crippen LogP contribution is 2.20. The van der Waals surface area contributed by atoms with E-state index in [4.69, 9.17) is 0 Å². The molecule has 0 aliphatic heterocycles. The molecule has 0 bridgehead atoms. The summed E-state index contributed by atoms with van der Waals surface area (Å²) >= 11 is 0. The van der Waals surface area contributed by atoms with E-state index in [9.17, 15) is 0 Å². The van der Waals surface area contributed by atoms with Crippen molar-refractivity contribution in [2.45, 2.75) is 59.5 Å². The van der Waals surface area contributed by atoms with Gasteiger partial charge in [-0.05, 0) is 31.7 Å². The zero-order valence-corrected chi connectivity index (χ0v) is 11.6. The number of nitrogens with zero attached hydrogens (tertiary/aromatic N) is 3. The highest BCUT2D eigenvalue weighted by Gasteiger charge is 2.17. The average molecular weight is 238 g/mol. The molecule has 0 radical (unpaired) electrons. The Balaban J connectivity index is 2.75. The molecule has 17 heavy (non-hydrogen) atoms. The molecule has 0 saturated heterocycles. The van der Waals surface area contributed by atoms with Crippen LogP contribution in [0.4, 0.5) is 0 Å². The van der Waals surface area contributed by atoms with Gasteiger partial charge in [-0.15, -0.1) is 5.10 Å². The number of hydrogen-bond acceptors (Lipinski definition) is 3. The first-order valence-corrected chi connectivity index (χ1v) is 6.80. The SMILES string of the molecule is CCCNC(CC(C)C)c1cnnn1CCC. The summed E-state index contributed by atoms with van der Waals surface area (Å²) in [7, 11) is 0. The quantitative estimate of drug-likeness (QED) is 0.757. The molecular weight excluding hydrogens is 212 g/mol. The van der Waals surface area contributed by atoms with Crippen molar-refractivity contribution in [3.8, 4) is 0 Å². The van der Waals surface area contributed by atoms with E-state index in [-0.39, 0.29) is 0 Å². The average Bonchev–Trinajstić information content (AvgIpc) is 2.72. The van der Waals surface area contributed by atoms with Crippen molar-refractivity contribution in [2.75, 3.05) is 6.54 Å². The Bertz CT molecular complexity index is 306. The molecule has 1 unspecified atom stereocenters. The second kappa shape index (κ2) is 7.43. The van der Waals surface area contributed by atoms with Crippen LogP contribution in [0.2, 0.25) is 0 Å². The van der Waals surface area contributed by atoms with Gasteiger partial charge in [-0.25, -0.2) is 4.68 Å². The Morgan fingerprint density at radius 1 is 1.29 bits per heavy atom. The molecule has 1 aromatic heterocycles. The fraction of sp³-hybridized carbons (Fsp3) is 0.846. The number of nitrogens with one attached hydrogen (secondary N) is 1. The second-order valence-electron chi connectivity index (χ2n) is 5.02. The highest BCUT2D eigenvalue weighted by molar-refractivity contribution is 5.02. The molecule has 0 saturated carbocycles. The van der Waals surface area contributed by atoms with Gasteiger partial charge in [-0.1, -0.05) is 32.9 Å². The molecule has 4 heteroatoms. The summed E-state index contributed by atoms with van der Waals surface area (Å²) in [5.74, 6) is 0.675. The van der Waals surface area contributed by atoms with Crippen molar-refractivity contribution < 1.29 is 0 Å². The van der Waals surface area contributed by atoms with E-state index >= 15 is 0 Å². The van der Waals surface area contributed by atoms with Gasteiger partial charge in [0.15, 0.2) is 0 Å². The maximum absolute atomic E-state index is 4.17. The van der Waals surface area contributed by atoms with Gasteiger partial charge in [0.25, 0.3) is 0 Å². The number of hydrogen-bond donors (Lipinski definition) is 1. The summed E-state index contributed by atoms with van der Waals surface area (Å²) < 4.78 is 2.04. The molecule has 0 spiro atoms.